The highest BCUT2D eigenvalue weighted by molar-refractivity contribution is 6.30. The minimum atomic E-state index is -0.144. The lowest BCUT2D eigenvalue weighted by atomic mass is 9.98. The Hall–Kier alpha value is -2.79. The second-order valence-corrected chi connectivity index (χ2v) is 6.38. The van der Waals surface area contributed by atoms with Gasteiger partial charge in [-0.15, -0.1) is 0 Å². The molecule has 5 nitrogen and oxygen atoms in total. The normalized spacial score (nSPS) is 17.0. The third-order valence-electron chi connectivity index (χ3n) is 4.29. The number of hydrogen-bond donors (Lipinski definition) is 0. The molecule has 2 heterocycles. The molecule has 4 rings (SSSR count). The smallest absolute Gasteiger partial charge is 0.240 e. The van der Waals surface area contributed by atoms with Crippen LogP contribution in [0.1, 0.15) is 30.5 Å². The standard InChI is InChI=1S/C19H15ClN4O/c1-12(25)24-19(11-17(23-24)13-2-5-15(20)6-3-13)14-4-7-16-18(10-14)22-9-8-21-16/h2-10,19H,11H2,1H3/t19-/m1/s1. The van der Waals surface area contributed by atoms with E-state index < -0.39 is 0 Å². The van der Waals surface area contributed by atoms with E-state index >= 15 is 0 Å². The van der Waals surface area contributed by atoms with Gasteiger partial charge < -0.3 is 0 Å². The maximum atomic E-state index is 12.1. The van der Waals surface area contributed by atoms with Crippen molar-refractivity contribution >= 4 is 34.3 Å². The van der Waals surface area contributed by atoms with Gasteiger partial charge in [0.1, 0.15) is 0 Å². The minimum Gasteiger partial charge on any atom is -0.273 e. The monoisotopic (exact) mass is 350 g/mol. The molecule has 0 fully saturated rings. The summed E-state index contributed by atoms with van der Waals surface area (Å²) in [5, 5.41) is 6.77. The van der Waals surface area contributed by atoms with Crippen LogP contribution in [0.4, 0.5) is 0 Å². The zero-order valence-corrected chi connectivity index (χ0v) is 14.3. The Bertz CT molecular complexity index is 984. The summed E-state index contributed by atoms with van der Waals surface area (Å²) in [6, 6.07) is 13.3. The zero-order chi connectivity index (χ0) is 17.4. The number of nitrogens with zero attached hydrogens (tertiary/aromatic N) is 4. The van der Waals surface area contributed by atoms with Gasteiger partial charge in [0, 0.05) is 30.8 Å². The summed E-state index contributed by atoms with van der Waals surface area (Å²) in [6.07, 6.45) is 3.98. The molecule has 25 heavy (non-hydrogen) atoms. The number of carbonyl (C=O) groups is 1. The van der Waals surface area contributed by atoms with E-state index in [1.165, 1.54) is 6.92 Å². The van der Waals surface area contributed by atoms with E-state index in [1.54, 1.807) is 17.4 Å². The highest BCUT2D eigenvalue weighted by atomic mass is 35.5. The first kappa shape index (κ1) is 15.7. The van der Waals surface area contributed by atoms with Gasteiger partial charge in [0.15, 0.2) is 0 Å². The largest absolute Gasteiger partial charge is 0.273 e. The van der Waals surface area contributed by atoms with Crippen LogP contribution in [-0.2, 0) is 4.79 Å². The van der Waals surface area contributed by atoms with Crippen LogP contribution in [0.15, 0.2) is 60.0 Å². The van der Waals surface area contributed by atoms with Crippen molar-refractivity contribution in [2.45, 2.75) is 19.4 Å². The first-order chi connectivity index (χ1) is 12.1. The molecular formula is C19H15ClN4O. The molecule has 0 radical (unpaired) electrons. The number of benzene rings is 2. The molecule has 2 aromatic carbocycles. The lowest BCUT2D eigenvalue weighted by Gasteiger charge is -2.20. The molecular weight excluding hydrogens is 336 g/mol. The number of halogens is 1. The molecule has 0 N–H and O–H groups in total. The Balaban J connectivity index is 1.71. The second kappa shape index (κ2) is 6.26. The summed E-state index contributed by atoms with van der Waals surface area (Å²) in [6.45, 7) is 1.53. The number of aromatic nitrogens is 2. The van der Waals surface area contributed by atoms with E-state index in [9.17, 15) is 4.79 Å². The van der Waals surface area contributed by atoms with Gasteiger partial charge in [-0.25, -0.2) is 5.01 Å². The fraction of sp³-hybridized carbons (Fsp3) is 0.158. The van der Waals surface area contributed by atoms with E-state index in [0.717, 1.165) is 27.9 Å². The van der Waals surface area contributed by atoms with Crippen molar-refractivity contribution in [2.24, 2.45) is 5.10 Å². The molecule has 0 saturated heterocycles. The summed E-state index contributed by atoms with van der Waals surface area (Å²) in [4.78, 5) is 20.7. The van der Waals surface area contributed by atoms with Crippen molar-refractivity contribution in [3.8, 4) is 0 Å². The molecule has 1 aromatic heterocycles. The first-order valence-electron chi connectivity index (χ1n) is 7.96. The lowest BCUT2D eigenvalue weighted by Crippen LogP contribution is -2.24. The number of fused-ring (bicyclic) bond motifs is 1. The van der Waals surface area contributed by atoms with E-state index in [0.29, 0.717) is 11.4 Å². The topological polar surface area (TPSA) is 58.5 Å². The predicted molar refractivity (Wildman–Crippen MR) is 97.4 cm³/mol. The summed E-state index contributed by atoms with van der Waals surface area (Å²) >= 11 is 5.96. The minimum absolute atomic E-state index is 0.0896. The van der Waals surface area contributed by atoms with Crippen molar-refractivity contribution in [1.29, 1.82) is 0 Å². The van der Waals surface area contributed by atoms with Crippen LogP contribution in [0.2, 0.25) is 5.02 Å². The molecule has 0 spiro atoms. The fourth-order valence-electron chi connectivity index (χ4n) is 3.06. The van der Waals surface area contributed by atoms with Crippen LogP contribution in [0.25, 0.3) is 11.0 Å². The number of amides is 1. The highest BCUT2D eigenvalue weighted by Crippen LogP contribution is 2.33. The van der Waals surface area contributed by atoms with Gasteiger partial charge in [-0.3, -0.25) is 14.8 Å². The van der Waals surface area contributed by atoms with E-state index in [-0.39, 0.29) is 11.9 Å². The van der Waals surface area contributed by atoms with Crippen molar-refractivity contribution in [3.63, 3.8) is 0 Å². The summed E-state index contributed by atoms with van der Waals surface area (Å²) < 4.78 is 0. The number of hydrogen-bond acceptors (Lipinski definition) is 4. The molecule has 1 aliphatic rings. The predicted octanol–water partition coefficient (Wildman–Crippen LogP) is 3.98. The quantitative estimate of drug-likeness (QED) is 0.702. The molecule has 1 aliphatic heterocycles. The van der Waals surface area contributed by atoms with E-state index in [1.807, 2.05) is 42.5 Å². The van der Waals surface area contributed by atoms with Crippen LogP contribution in [-0.4, -0.2) is 26.6 Å². The van der Waals surface area contributed by atoms with Crippen molar-refractivity contribution in [2.75, 3.05) is 0 Å². The van der Waals surface area contributed by atoms with Crippen LogP contribution in [0, 0.1) is 0 Å². The maximum absolute atomic E-state index is 12.1. The lowest BCUT2D eigenvalue weighted by molar-refractivity contribution is -0.130. The molecule has 0 bridgehead atoms. The molecule has 1 atom stereocenters. The van der Waals surface area contributed by atoms with Crippen molar-refractivity contribution in [3.05, 3.63) is 71.0 Å². The maximum Gasteiger partial charge on any atom is 0.240 e. The van der Waals surface area contributed by atoms with Gasteiger partial charge in [-0.2, -0.15) is 5.10 Å². The van der Waals surface area contributed by atoms with Gasteiger partial charge in [-0.1, -0.05) is 29.8 Å². The molecule has 1 amide bonds. The Morgan fingerprint density at radius 3 is 2.52 bits per heavy atom. The molecule has 0 unspecified atom stereocenters. The number of rotatable bonds is 2. The van der Waals surface area contributed by atoms with Crippen LogP contribution in [0.5, 0.6) is 0 Å². The van der Waals surface area contributed by atoms with E-state index in [2.05, 4.69) is 15.1 Å². The fourth-order valence-corrected chi connectivity index (χ4v) is 3.19. The Morgan fingerprint density at radius 1 is 1.08 bits per heavy atom. The number of hydrazone groups is 1. The Labute approximate surface area is 150 Å². The summed E-state index contributed by atoms with van der Waals surface area (Å²) in [7, 11) is 0. The number of carbonyl (C=O) groups excluding carboxylic acids is 1. The third-order valence-corrected chi connectivity index (χ3v) is 4.54. The summed E-state index contributed by atoms with van der Waals surface area (Å²) in [5.74, 6) is -0.0896. The zero-order valence-electron chi connectivity index (χ0n) is 13.6. The van der Waals surface area contributed by atoms with Crippen LogP contribution < -0.4 is 0 Å². The van der Waals surface area contributed by atoms with Gasteiger partial charge in [0.25, 0.3) is 0 Å². The molecule has 0 saturated carbocycles. The summed E-state index contributed by atoms with van der Waals surface area (Å²) in [5.41, 5.74) is 4.48. The van der Waals surface area contributed by atoms with Crippen molar-refractivity contribution in [1.82, 2.24) is 15.0 Å². The Kier molecular flexibility index (Phi) is 3.93. The molecule has 124 valence electrons. The van der Waals surface area contributed by atoms with E-state index in [4.69, 9.17) is 11.6 Å². The van der Waals surface area contributed by atoms with Gasteiger partial charge in [-0.05, 0) is 35.4 Å². The van der Waals surface area contributed by atoms with Gasteiger partial charge >= 0.3 is 0 Å². The van der Waals surface area contributed by atoms with Gasteiger partial charge in [0.2, 0.25) is 5.91 Å². The molecule has 0 aliphatic carbocycles. The van der Waals surface area contributed by atoms with Crippen molar-refractivity contribution < 1.29 is 4.79 Å². The first-order valence-corrected chi connectivity index (χ1v) is 8.33. The molecule has 3 aromatic rings. The average Bonchev–Trinajstić information content (AvgIpc) is 3.07. The molecule has 6 heteroatoms. The van der Waals surface area contributed by atoms with Gasteiger partial charge in [0.05, 0.1) is 22.8 Å². The Morgan fingerprint density at radius 2 is 1.80 bits per heavy atom. The average molecular weight is 351 g/mol. The SMILES string of the molecule is CC(=O)N1N=C(c2ccc(Cl)cc2)C[C@@H]1c1ccc2nccnc2c1. The highest BCUT2D eigenvalue weighted by Gasteiger charge is 2.31. The second-order valence-electron chi connectivity index (χ2n) is 5.94. The van der Waals surface area contributed by atoms with Crippen LogP contribution >= 0.6 is 11.6 Å². The third kappa shape index (κ3) is 2.98. The van der Waals surface area contributed by atoms with Crippen LogP contribution in [0.3, 0.4) is 0 Å².